The van der Waals surface area contributed by atoms with Crippen LogP contribution >= 0.6 is 0 Å². The zero-order valence-corrected chi connectivity index (χ0v) is 18.1. The topological polar surface area (TPSA) is 109 Å². The number of rotatable bonds is 7. The number of hydrogen-bond acceptors (Lipinski definition) is 7. The molecule has 2 N–H and O–H groups in total. The minimum atomic E-state index is -0.308. The van der Waals surface area contributed by atoms with Gasteiger partial charge in [-0.15, -0.1) is 0 Å². The normalized spacial score (nSPS) is 9.64. The quantitative estimate of drug-likeness (QED) is 0.549. The molecule has 0 aromatic carbocycles. The highest BCUT2D eigenvalue weighted by Crippen LogP contribution is 1.93. The second kappa shape index (κ2) is 22.5. The van der Waals surface area contributed by atoms with Crippen LogP contribution in [-0.4, -0.2) is 36.1 Å². The molecule has 0 spiro atoms. The van der Waals surface area contributed by atoms with Crippen molar-refractivity contribution in [1.82, 2.24) is 4.98 Å². The fourth-order valence-electron chi connectivity index (χ4n) is 1.28. The third-order valence-corrected chi connectivity index (χ3v) is 2.65. The van der Waals surface area contributed by atoms with Crippen molar-refractivity contribution in [1.29, 1.82) is 0 Å². The highest BCUT2D eigenvalue weighted by atomic mass is 16.6. The summed E-state index contributed by atoms with van der Waals surface area (Å²) in [7, 11) is 0. The van der Waals surface area contributed by atoms with Crippen LogP contribution in [0.2, 0.25) is 0 Å². The second-order valence-corrected chi connectivity index (χ2v) is 4.92. The third-order valence-electron chi connectivity index (χ3n) is 2.65. The van der Waals surface area contributed by atoms with E-state index in [1.54, 1.807) is 25.1 Å². The maximum Gasteiger partial charge on any atom is 0.305 e. The van der Waals surface area contributed by atoms with Gasteiger partial charge < -0.3 is 15.2 Å². The molecule has 1 heterocycles. The number of carbonyl (C=O) groups is 2. The van der Waals surface area contributed by atoms with E-state index in [1.807, 2.05) is 34.6 Å². The van der Waals surface area contributed by atoms with Gasteiger partial charge in [-0.25, -0.2) is 0 Å². The molecule has 0 aliphatic rings. The molecule has 0 amide bonds. The Morgan fingerprint density at radius 3 is 2.21 bits per heavy atom. The van der Waals surface area contributed by atoms with Crippen molar-refractivity contribution in [3.05, 3.63) is 47.3 Å². The van der Waals surface area contributed by atoms with Crippen LogP contribution in [0.15, 0.2) is 41.7 Å². The van der Waals surface area contributed by atoms with Gasteiger partial charge in [0.05, 0.1) is 6.10 Å². The molecule has 0 saturated heterocycles. The van der Waals surface area contributed by atoms with Crippen LogP contribution in [0.4, 0.5) is 5.82 Å². The SMILES string of the molecule is C=CC(=O)CC.CC.CCO[C@@H](C)COC(=O)CC.Nc1ccccc(=O)n1.[HH]. The van der Waals surface area contributed by atoms with Gasteiger partial charge in [0.25, 0.3) is 5.56 Å². The first-order valence-electron chi connectivity index (χ1n) is 9.45. The zero-order valence-electron chi connectivity index (χ0n) is 18.1. The van der Waals surface area contributed by atoms with Gasteiger partial charge in [-0.3, -0.25) is 14.4 Å². The monoisotopic (exact) mass is 398 g/mol. The van der Waals surface area contributed by atoms with E-state index >= 15 is 0 Å². The van der Waals surface area contributed by atoms with Crippen LogP contribution < -0.4 is 11.3 Å². The molecule has 7 nitrogen and oxygen atoms in total. The number of esters is 1. The maximum atomic E-state index is 10.6. The summed E-state index contributed by atoms with van der Waals surface area (Å²) in [5.74, 6) is 0.191. The van der Waals surface area contributed by atoms with E-state index in [-0.39, 0.29) is 30.7 Å². The van der Waals surface area contributed by atoms with Gasteiger partial charge >= 0.3 is 5.97 Å². The predicted octanol–water partition coefficient (Wildman–Crippen LogP) is 3.81. The molecule has 162 valence electrons. The first kappa shape index (κ1) is 30.2. The molecule has 0 aliphatic carbocycles. The third kappa shape index (κ3) is 23.5. The van der Waals surface area contributed by atoms with E-state index in [0.29, 0.717) is 26.1 Å². The molecule has 7 heteroatoms. The fraction of sp³-hybridized carbons (Fsp3) is 0.524. The molecule has 0 bridgehead atoms. The second-order valence-electron chi connectivity index (χ2n) is 4.92. The Kier molecular flexibility index (Phi) is 24.3. The van der Waals surface area contributed by atoms with Gasteiger partial charge in [-0.1, -0.05) is 46.4 Å². The summed E-state index contributed by atoms with van der Waals surface area (Å²) in [6.07, 6.45) is 2.35. The lowest BCUT2D eigenvalue weighted by molar-refractivity contribution is -0.147. The first-order valence-corrected chi connectivity index (χ1v) is 9.45. The standard InChI is InChI=1S/C8H16O3.C6H6N2O.C5H8O.C2H6.H2/c1-4-8(9)11-6-7(3)10-5-2;7-5-3-1-2-4-6(9)8-5;1-3-5(6)4-2;1-2;/h7H,4-6H2,1-3H3;1-4H,(H2,7,8,9);3H,1,4H2,2H3;1-2H3;1H/t7-;;;;/m0..../s1. The number of hydrogen-bond donors (Lipinski definition) is 1. The van der Waals surface area contributed by atoms with Gasteiger partial charge in [0.15, 0.2) is 5.78 Å². The summed E-state index contributed by atoms with van der Waals surface area (Å²) in [4.78, 5) is 34.7. The number of allylic oxidation sites excluding steroid dienone is 1. The molecule has 1 aromatic rings. The van der Waals surface area contributed by atoms with Crippen LogP contribution in [0.1, 0.15) is 55.8 Å². The Labute approximate surface area is 170 Å². The van der Waals surface area contributed by atoms with E-state index in [9.17, 15) is 14.4 Å². The van der Waals surface area contributed by atoms with Crippen LogP contribution in [0.5, 0.6) is 0 Å². The molecule has 28 heavy (non-hydrogen) atoms. The lowest BCUT2D eigenvalue weighted by atomic mass is 10.3. The van der Waals surface area contributed by atoms with Gasteiger partial charge in [-0.2, -0.15) is 4.98 Å². The van der Waals surface area contributed by atoms with Gasteiger partial charge in [-0.05, 0) is 26.0 Å². The number of anilines is 1. The maximum absolute atomic E-state index is 10.6. The fourth-order valence-corrected chi connectivity index (χ4v) is 1.28. The average Bonchev–Trinajstić information content (AvgIpc) is 2.90. The number of nitrogens with zero attached hydrogens (tertiary/aromatic N) is 1. The number of carbonyl (C=O) groups excluding carboxylic acids is 2. The lowest BCUT2D eigenvalue weighted by Gasteiger charge is -2.10. The largest absolute Gasteiger partial charge is 0.463 e. The number of nitrogen functional groups attached to an aromatic ring is 1. The van der Waals surface area contributed by atoms with E-state index in [4.69, 9.17) is 15.2 Å². The molecule has 0 fully saturated rings. The highest BCUT2D eigenvalue weighted by Gasteiger charge is 2.03. The Balaban J connectivity index is -0.000000157. The Morgan fingerprint density at radius 1 is 1.21 bits per heavy atom. The lowest BCUT2D eigenvalue weighted by Crippen LogP contribution is -2.18. The molecule has 1 atom stereocenters. The minimum absolute atomic E-state index is 0. The highest BCUT2D eigenvalue weighted by molar-refractivity contribution is 5.88. The van der Waals surface area contributed by atoms with Crippen LogP contribution in [0.25, 0.3) is 0 Å². The molecule has 1 aromatic heterocycles. The Morgan fingerprint density at radius 2 is 1.79 bits per heavy atom. The number of aromatic nitrogens is 1. The summed E-state index contributed by atoms with van der Waals surface area (Å²) in [5, 5.41) is 0. The summed E-state index contributed by atoms with van der Waals surface area (Å²) in [6, 6.07) is 6.20. The number of ether oxygens (including phenoxy) is 2. The summed E-state index contributed by atoms with van der Waals surface area (Å²) < 4.78 is 10.0. The summed E-state index contributed by atoms with van der Waals surface area (Å²) in [5.41, 5.74) is 4.92. The van der Waals surface area contributed by atoms with Gasteiger partial charge in [0, 0.05) is 26.9 Å². The van der Waals surface area contributed by atoms with Crippen molar-refractivity contribution in [2.45, 2.75) is 60.5 Å². The molecule has 1 rings (SSSR count). The average molecular weight is 399 g/mol. The molecular weight excluding hydrogens is 360 g/mol. The smallest absolute Gasteiger partial charge is 0.305 e. The Bertz CT molecular complexity index is 597. The van der Waals surface area contributed by atoms with Crippen molar-refractivity contribution in [3.63, 3.8) is 0 Å². The summed E-state index contributed by atoms with van der Waals surface area (Å²) in [6.45, 7) is 15.7. The molecule has 0 unspecified atom stereocenters. The van der Waals surface area contributed by atoms with Crippen molar-refractivity contribution in [2.24, 2.45) is 0 Å². The number of nitrogens with two attached hydrogens (primary N) is 1. The van der Waals surface area contributed by atoms with E-state index < -0.39 is 0 Å². The van der Waals surface area contributed by atoms with Crippen LogP contribution in [0, 0.1) is 0 Å². The van der Waals surface area contributed by atoms with Crippen molar-refractivity contribution in [3.8, 4) is 0 Å². The minimum Gasteiger partial charge on any atom is -0.463 e. The van der Waals surface area contributed by atoms with Crippen LogP contribution in [-0.2, 0) is 19.1 Å². The molecular formula is C21H38N2O5. The van der Waals surface area contributed by atoms with Crippen molar-refractivity contribution >= 4 is 17.6 Å². The first-order chi connectivity index (χ1) is 13.3. The van der Waals surface area contributed by atoms with Gasteiger partial charge in [0.2, 0.25) is 0 Å². The molecule has 0 aliphatic heterocycles. The van der Waals surface area contributed by atoms with E-state index in [0.717, 1.165) is 0 Å². The van der Waals surface area contributed by atoms with Crippen LogP contribution in [0.3, 0.4) is 0 Å². The number of ketones is 1. The van der Waals surface area contributed by atoms with E-state index in [2.05, 4.69) is 11.6 Å². The predicted molar refractivity (Wildman–Crippen MR) is 116 cm³/mol. The zero-order chi connectivity index (χ0) is 22.4. The van der Waals surface area contributed by atoms with E-state index in [1.165, 1.54) is 12.1 Å². The van der Waals surface area contributed by atoms with Crippen molar-refractivity contribution < 1.29 is 20.5 Å². The van der Waals surface area contributed by atoms with Gasteiger partial charge in [0.1, 0.15) is 12.4 Å². The Hall–Kier alpha value is -2.54. The summed E-state index contributed by atoms with van der Waals surface area (Å²) >= 11 is 0. The molecule has 0 radical (unpaired) electrons. The van der Waals surface area contributed by atoms with Crippen molar-refractivity contribution in [2.75, 3.05) is 18.9 Å². The molecule has 0 saturated carbocycles.